The summed E-state index contributed by atoms with van der Waals surface area (Å²) in [5, 5.41) is 5.24. The van der Waals surface area contributed by atoms with Crippen molar-refractivity contribution in [3.8, 4) is 0 Å². The van der Waals surface area contributed by atoms with Gasteiger partial charge in [-0.05, 0) is 56.7 Å². The molecule has 1 aromatic heterocycles. The average molecular weight is 542 g/mol. The van der Waals surface area contributed by atoms with Crippen molar-refractivity contribution >= 4 is 35.0 Å². The van der Waals surface area contributed by atoms with Gasteiger partial charge in [0.15, 0.2) is 5.69 Å². The van der Waals surface area contributed by atoms with E-state index in [9.17, 15) is 27.6 Å². The fourth-order valence-corrected chi connectivity index (χ4v) is 4.96. The molecule has 200 valence electrons. The largest absolute Gasteiger partial charge is 0.416 e. The van der Waals surface area contributed by atoms with Crippen molar-refractivity contribution in [2.75, 3.05) is 18.5 Å². The second-order valence-electron chi connectivity index (χ2n) is 9.25. The molecule has 4 N–H and O–H groups in total. The highest BCUT2D eigenvalue weighted by Crippen LogP contribution is 2.36. The number of rotatable bonds is 7. The number of hydrogen-bond acceptors (Lipinski definition) is 5. The van der Waals surface area contributed by atoms with E-state index in [1.807, 2.05) is 0 Å². The molecule has 1 saturated heterocycles. The van der Waals surface area contributed by atoms with E-state index in [0.717, 1.165) is 31.0 Å². The quantitative estimate of drug-likeness (QED) is 0.489. The number of aromatic nitrogens is 2. The van der Waals surface area contributed by atoms with E-state index in [0.29, 0.717) is 38.8 Å². The number of alkyl halides is 3. The first kappa shape index (κ1) is 26.9. The summed E-state index contributed by atoms with van der Waals surface area (Å²) < 4.78 is 46.1. The molecule has 2 aromatic rings. The third kappa shape index (κ3) is 6.24. The van der Waals surface area contributed by atoms with Crippen LogP contribution >= 0.6 is 11.6 Å². The standard InChI is InChI=1S/C24H27ClF3N5O4/c25-17-8-5-14(24(26,27)28)10-18(17)32-22(35)13-3-6-15(7-4-13)33-12-31-19(20(33)21(29)34)23(36)30-11-16-2-1-9-37-16/h5,8,10,12-13,15-16H,1-4,6-7,9,11H2,(H2,29,34)(H,30,36)(H,32,35). The average Bonchev–Trinajstić information content (AvgIpc) is 3.53. The first-order valence-corrected chi connectivity index (χ1v) is 12.4. The number of halogens is 4. The molecular formula is C24H27ClF3N5O4. The Balaban J connectivity index is 1.39. The molecule has 2 fully saturated rings. The van der Waals surface area contributed by atoms with Crippen molar-refractivity contribution in [2.45, 2.75) is 56.8 Å². The first-order valence-electron chi connectivity index (χ1n) is 12.0. The lowest BCUT2D eigenvalue weighted by Gasteiger charge is -2.29. The van der Waals surface area contributed by atoms with Crippen LogP contribution < -0.4 is 16.4 Å². The number of anilines is 1. The zero-order valence-corrected chi connectivity index (χ0v) is 20.6. The van der Waals surface area contributed by atoms with Gasteiger partial charge in [-0.2, -0.15) is 13.2 Å². The van der Waals surface area contributed by atoms with Gasteiger partial charge in [-0.25, -0.2) is 4.98 Å². The number of hydrogen-bond donors (Lipinski definition) is 3. The van der Waals surface area contributed by atoms with Gasteiger partial charge in [-0.1, -0.05) is 11.6 Å². The fraction of sp³-hybridized carbons (Fsp3) is 0.500. The molecule has 1 aliphatic carbocycles. The van der Waals surface area contributed by atoms with Gasteiger partial charge < -0.3 is 25.7 Å². The van der Waals surface area contributed by atoms with Gasteiger partial charge in [-0.3, -0.25) is 14.4 Å². The smallest absolute Gasteiger partial charge is 0.376 e. The normalized spacial score (nSPS) is 22.0. The Hall–Kier alpha value is -3.12. The Bertz CT molecular complexity index is 1170. The van der Waals surface area contributed by atoms with E-state index in [-0.39, 0.29) is 34.2 Å². The molecule has 13 heteroatoms. The van der Waals surface area contributed by atoms with Gasteiger partial charge >= 0.3 is 6.18 Å². The Morgan fingerprint density at radius 3 is 2.51 bits per heavy atom. The molecule has 1 aromatic carbocycles. The molecule has 9 nitrogen and oxygen atoms in total. The molecule has 1 aliphatic heterocycles. The topological polar surface area (TPSA) is 128 Å². The predicted octanol–water partition coefficient (Wildman–Crippen LogP) is 3.93. The summed E-state index contributed by atoms with van der Waals surface area (Å²) in [6, 6.07) is 2.52. The zero-order chi connectivity index (χ0) is 26.7. The summed E-state index contributed by atoms with van der Waals surface area (Å²) >= 11 is 5.99. The number of carbonyl (C=O) groups excluding carboxylic acids is 3. The number of amides is 3. The van der Waals surface area contributed by atoms with Crippen LogP contribution in [0.4, 0.5) is 18.9 Å². The molecule has 2 heterocycles. The predicted molar refractivity (Wildman–Crippen MR) is 128 cm³/mol. The van der Waals surface area contributed by atoms with Gasteiger partial charge in [0, 0.05) is 25.1 Å². The minimum absolute atomic E-state index is 0.00449. The minimum atomic E-state index is -4.56. The Labute approximate surface area is 215 Å². The molecule has 1 unspecified atom stereocenters. The number of carbonyl (C=O) groups is 3. The zero-order valence-electron chi connectivity index (χ0n) is 19.8. The van der Waals surface area contributed by atoms with Crippen LogP contribution in [0.15, 0.2) is 24.5 Å². The van der Waals surface area contributed by atoms with Crippen LogP contribution in [0.25, 0.3) is 0 Å². The summed E-state index contributed by atoms with van der Waals surface area (Å²) in [5.41, 5.74) is 4.49. The molecule has 1 atom stereocenters. The highest BCUT2D eigenvalue weighted by atomic mass is 35.5. The number of imidazole rings is 1. The van der Waals surface area contributed by atoms with Gasteiger partial charge in [0.1, 0.15) is 5.69 Å². The highest BCUT2D eigenvalue weighted by Gasteiger charge is 2.33. The van der Waals surface area contributed by atoms with Crippen LogP contribution in [0, 0.1) is 5.92 Å². The second kappa shape index (κ2) is 11.1. The molecule has 0 radical (unpaired) electrons. The van der Waals surface area contributed by atoms with Crippen molar-refractivity contribution in [3.63, 3.8) is 0 Å². The number of nitrogens with two attached hydrogens (primary N) is 1. The molecule has 0 bridgehead atoms. The summed E-state index contributed by atoms with van der Waals surface area (Å²) in [6.07, 6.45) is 0.289. The number of ether oxygens (including phenoxy) is 1. The van der Waals surface area contributed by atoms with Crippen molar-refractivity contribution in [1.82, 2.24) is 14.9 Å². The van der Waals surface area contributed by atoms with Gasteiger partial charge in [0.05, 0.1) is 28.7 Å². The van der Waals surface area contributed by atoms with E-state index >= 15 is 0 Å². The SMILES string of the molecule is NC(=O)c1c(C(=O)NCC2CCCO2)ncn1C1CCC(C(=O)Nc2cc(C(F)(F)F)ccc2Cl)CC1. The van der Waals surface area contributed by atoms with Crippen LogP contribution in [0.5, 0.6) is 0 Å². The maximum Gasteiger partial charge on any atom is 0.416 e. The maximum absolute atomic E-state index is 13.0. The number of nitrogens with zero attached hydrogens (tertiary/aromatic N) is 2. The summed E-state index contributed by atoms with van der Waals surface area (Å²) in [4.78, 5) is 41.8. The van der Waals surface area contributed by atoms with Crippen molar-refractivity contribution in [2.24, 2.45) is 11.7 Å². The van der Waals surface area contributed by atoms with Crippen LogP contribution in [-0.2, 0) is 15.7 Å². The first-order chi connectivity index (χ1) is 17.5. The van der Waals surface area contributed by atoms with Crippen molar-refractivity contribution in [1.29, 1.82) is 0 Å². The molecule has 2 aliphatic rings. The van der Waals surface area contributed by atoms with Crippen molar-refractivity contribution in [3.05, 3.63) is 46.5 Å². The number of primary amides is 1. The highest BCUT2D eigenvalue weighted by molar-refractivity contribution is 6.33. The maximum atomic E-state index is 13.0. The molecule has 0 spiro atoms. The minimum Gasteiger partial charge on any atom is -0.376 e. The monoisotopic (exact) mass is 541 g/mol. The van der Waals surface area contributed by atoms with E-state index in [4.69, 9.17) is 22.1 Å². The Kier molecular flexibility index (Phi) is 8.08. The van der Waals surface area contributed by atoms with E-state index < -0.39 is 35.4 Å². The van der Waals surface area contributed by atoms with Gasteiger partial charge in [-0.15, -0.1) is 0 Å². The number of benzene rings is 1. The van der Waals surface area contributed by atoms with Crippen LogP contribution in [0.2, 0.25) is 5.02 Å². The number of nitrogens with one attached hydrogen (secondary N) is 2. The lowest BCUT2D eigenvalue weighted by molar-refractivity contribution is -0.137. The fourth-order valence-electron chi connectivity index (χ4n) is 4.79. The summed E-state index contributed by atoms with van der Waals surface area (Å²) in [5.74, 6) is -2.21. The Morgan fingerprint density at radius 1 is 1.16 bits per heavy atom. The lowest BCUT2D eigenvalue weighted by atomic mass is 9.85. The van der Waals surface area contributed by atoms with Crippen LogP contribution in [0.3, 0.4) is 0 Å². The lowest BCUT2D eigenvalue weighted by Crippen LogP contribution is -2.34. The molecule has 37 heavy (non-hydrogen) atoms. The summed E-state index contributed by atoms with van der Waals surface area (Å²) in [7, 11) is 0. The molecule has 4 rings (SSSR count). The third-order valence-electron chi connectivity index (χ3n) is 6.77. The Morgan fingerprint density at radius 2 is 1.89 bits per heavy atom. The molecular weight excluding hydrogens is 515 g/mol. The van der Waals surface area contributed by atoms with Crippen LogP contribution in [0.1, 0.15) is 71.1 Å². The van der Waals surface area contributed by atoms with E-state index in [1.54, 1.807) is 4.57 Å². The van der Waals surface area contributed by atoms with Gasteiger partial charge in [0.25, 0.3) is 11.8 Å². The van der Waals surface area contributed by atoms with E-state index in [2.05, 4.69) is 15.6 Å². The van der Waals surface area contributed by atoms with Crippen LogP contribution in [-0.4, -0.2) is 46.5 Å². The van der Waals surface area contributed by atoms with Gasteiger partial charge in [0.2, 0.25) is 5.91 Å². The van der Waals surface area contributed by atoms with E-state index in [1.165, 1.54) is 6.33 Å². The van der Waals surface area contributed by atoms with Crippen molar-refractivity contribution < 1.29 is 32.3 Å². The second-order valence-corrected chi connectivity index (χ2v) is 9.65. The summed E-state index contributed by atoms with van der Waals surface area (Å²) in [6.45, 7) is 0.954. The third-order valence-corrected chi connectivity index (χ3v) is 7.10. The molecule has 3 amide bonds. The molecule has 1 saturated carbocycles.